The number of sulfonamides is 1. The van der Waals surface area contributed by atoms with Gasteiger partial charge in [-0.15, -0.1) is 0 Å². The van der Waals surface area contributed by atoms with Gasteiger partial charge in [0, 0.05) is 18.8 Å². The van der Waals surface area contributed by atoms with E-state index in [1.807, 2.05) is 6.92 Å². The lowest BCUT2D eigenvalue weighted by atomic mass is 9.75. The number of anilines is 1. The van der Waals surface area contributed by atoms with Gasteiger partial charge in [-0.3, -0.25) is 0 Å². The molecule has 1 atom stereocenters. The van der Waals surface area contributed by atoms with Crippen LogP contribution in [0.5, 0.6) is 0 Å². The smallest absolute Gasteiger partial charge is 0.260 e. The predicted molar refractivity (Wildman–Crippen MR) is 84.8 cm³/mol. The van der Waals surface area contributed by atoms with Crippen molar-refractivity contribution in [2.45, 2.75) is 57.5 Å². The maximum Gasteiger partial charge on any atom is 0.260 e. The lowest BCUT2D eigenvalue weighted by molar-refractivity contribution is 0.212. The molecule has 1 heterocycles. The van der Waals surface area contributed by atoms with Crippen molar-refractivity contribution in [3.05, 3.63) is 18.3 Å². The normalized spacial score (nSPS) is 22.0. The number of rotatable bonds is 5. The van der Waals surface area contributed by atoms with E-state index in [-0.39, 0.29) is 16.5 Å². The minimum Gasteiger partial charge on any atom is -0.383 e. The number of hydrogen-bond acceptors (Lipinski definition) is 4. The molecule has 21 heavy (non-hydrogen) atoms. The minimum atomic E-state index is -3.59. The highest BCUT2D eigenvalue weighted by atomic mass is 32.2. The van der Waals surface area contributed by atoms with Gasteiger partial charge in [-0.2, -0.15) is 0 Å². The lowest BCUT2D eigenvalue weighted by Gasteiger charge is -2.35. The van der Waals surface area contributed by atoms with Crippen LogP contribution in [0.25, 0.3) is 0 Å². The third-order valence-corrected chi connectivity index (χ3v) is 5.40. The molecule has 1 aromatic heterocycles. The fourth-order valence-electron chi connectivity index (χ4n) is 3.00. The Bertz CT molecular complexity index is 584. The molecule has 0 aliphatic heterocycles. The highest BCUT2D eigenvalue weighted by Crippen LogP contribution is 2.35. The van der Waals surface area contributed by atoms with E-state index in [4.69, 9.17) is 0 Å². The zero-order valence-electron chi connectivity index (χ0n) is 13.0. The van der Waals surface area contributed by atoms with Crippen LogP contribution < -0.4 is 10.0 Å². The van der Waals surface area contributed by atoms with Crippen LogP contribution in [0.4, 0.5) is 5.69 Å². The van der Waals surface area contributed by atoms with Gasteiger partial charge in [0.1, 0.15) is 0 Å². The van der Waals surface area contributed by atoms with Crippen molar-refractivity contribution in [2.75, 3.05) is 11.9 Å². The Morgan fingerprint density at radius 2 is 2.19 bits per heavy atom. The Morgan fingerprint density at radius 3 is 2.86 bits per heavy atom. The monoisotopic (exact) mass is 311 g/mol. The van der Waals surface area contributed by atoms with Crippen LogP contribution >= 0.6 is 0 Å². The van der Waals surface area contributed by atoms with Crippen molar-refractivity contribution in [3.63, 3.8) is 0 Å². The second-order valence-electron chi connectivity index (χ2n) is 6.47. The van der Waals surface area contributed by atoms with E-state index in [0.29, 0.717) is 12.2 Å². The van der Waals surface area contributed by atoms with Gasteiger partial charge in [0.05, 0.1) is 5.69 Å². The summed E-state index contributed by atoms with van der Waals surface area (Å²) in [5.41, 5.74) is 0.752. The molecule has 118 valence electrons. The van der Waals surface area contributed by atoms with E-state index in [1.54, 1.807) is 12.1 Å². The van der Waals surface area contributed by atoms with Crippen molar-refractivity contribution in [2.24, 2.45) is 5.41 Å². The predicted octanol–water partition coefficient (Wildman–Crippen LogP) is 2.76. The van der Waals surface area contributed by atoms with Gasteiger partial charge in [0.25, 0.3) is 10.0 Å². The summed E-state index contributed by atoms with van der Waals surface area (Å²) in [7, 11) is -3.59. The van der Waals surface area contributed by atoms with E-state index in [0.717, 1.165) is 25.7 Å². The minimum absolute atomic E-state index is 0.00441. The van der Waals surface area contributed by atoms with Gasteiger partial charge in [0.2, 0.25) is 0 Å². The average molecular weight is 311 g/mol. The second kappa shape index (κ2) is 6.32. The van der Waals surface area contributed by atoms with Gasteiger partial charge in [0.15, 0.2) is 5.03 Å². The fourth-order valence-corrected chi connectivity index (χ4v) is 4.38. The Labute approximate surface area is 127 Å². The van der Waals surface area contributed by atoms with E-state index in [1.165, 1.54) is 6.20 Å². The van der Waals surface area contributed by atoms with Crippen molar-refractivity contribution < 1.29 is 8.42 Å². The molecule has 1 aromatic rings. The van der Waals surface area contributed by atoms with E-state index >= 15 is 0 Å². The van der Waals surface area contributed by atoms with Gasteiger partial charge in [-0.05, 0) is 43.7 Å². The first-order valence-corrected chi connectivity index (χ1v) is 9.03. The molecule has 1 aliphatic carbocycles. The molecule has 1 aliphatic rings. The molecule has 1 fully saturated rings. The molecule has 2 N–H and O–H groups in total. The van der Waals surface area contributed by atoms with Crippen LogP contribution in [0, 0.1) is 5.41 Å². The number of hydrogen-bond donors (Lipinski definition) is 2. The summed E-state index contributed by atoms with van der Waals surface area (Å²) in [6.07, 6.45) is 5.49. The van der Waals surface area contributed by atoms with Crippen LogP contribution in [0.15, 0.2) is 23.4 Å². The Kier molecular flexibility index (Phi) is 4.88. The summed E-state index contributed by atoms with van der Waals surface area (Å²) in [5, 5.41) is 3.15. The molecule has 6 heteroatoms. The van der Waals surface area contributed by atoms with Crippen molar-refractivity contribution in [3.8, 4) is 0 Å². The topological polar surface area (TPSA) is 71.1 Å². The summed E-state index contributed by atoms with van der Waals surface area (Å²) in [4.78, 5) is 4.06. The maximum atomic E-state index is 12.6. The molecule has 5 nitrogen and oxygen atoms in total. The largest absolute Gasteiger partial charge is 0.383 e. The Hall–Kier alpha value is -1.14. The third-order valence-electron chi connectivity index (χ3n) is 3.92. The number of pyridine rings is 1. The van der Waals surface area contributed by atoms with Crippen LogP contribution in [0.3, 0.4) is 0 Å². The summed E-state index contributed by atoms with van der Waals surface area (Å²) >= 11 is 0. The SMILES string of the molecule is CCNc1cccnc1S(=O)(=O)NC1CCCC(C)(C)C1. The lowest BCUT2D eigenvalue weighted by Crippen LogP contribution is -2.41. The van der Waals surface area contributed by atoms with E-state index < -0.39 is 10.0 Å². The molecule has 0 amide bonds. The quantitative estimate of drug-likeness (QED) is 0.877. The Balaban J connectivity index is 2.19. The third kappa shape index (κ3) is 4.17. The molecular formula is C15H25N3O2S. The van der Waals surface area contributed by atoms with E-state index in [2.05, 4.69) is 28.9 Å². The van der Waals surface area contributed by atoms with Crippen LogP contribution in [-0.4, -0.2) is 26.0 Å². The molecule has 0 saturated heterocycles. The molecule has 1 unspecified atom stereocenters. The molecule has 0 bridgehead atoms. The van der Waals surface area contributed by atoms with Crippen LogP contribution in [-0.2, 0) is 10.0 Å². The van der Waals surface area contributed by atoms with Crippen molar-refractivity contribution >= 4 is 15.7 Å². The van der Waals surface area contributed by atoms with Gasteiger partial charge in [-0.25, -0.2) is 18.1 Å². The van der Waals surface area contributed by atoms with Crippen LogP contribution in [0.1, 0.15) is 46.5 Å². The number of nitrogens with one attached hydrogen (secondary N) is 2. The molecule has 0 radical (unpaired) electrons. The van der Waals surface area contributed by atoms with Gasteiger partial charge in [-0.1, -0.05) is 20.3 Å². The van der Waals surface area contributed by atoms with E-state index in [9.17, 15) is 8.42 Å². The summed E-state index contributed by atoms with van der Waals surface area (Å²) in [6.45, 7) is 6.97. The molecular weight excluding hydrogens is 286 g/mol. The average Bonchev–Trinajstić information content (AvgIpc) is 2.38. The highest BCUT2D eigenvalue weighted by molar-refractivity contribution is 7.89. The number of aromatic nitrogens is 1. The first-order chi connectivity index (χ1) is 9.84. The fraction of sp³-hybridized carbons (Fsp3) is 0.667. The van der Waals surface area contributed by atoms with Gasteiger partial charge < -0.3 is 5.32 Å². The van der Waals surface area contributed by atoms with Gasteiger partial charge >= 0.3 is 0 Å². The number of nitrogens with zero attached hydrogens (tertiary/aromatic N) is 1. The first kappa shape index (κ1) is 16.2. The van der Waals surface area contributed by atoms with Crippen molar-refractivity contribution in [1.82, 2.24) is 9.71 Å². The summed E-state index contributed by atoms with van der Waals surface area (Å²) in [5.74, 6) is 0. The molecule has 0 aromatic carbocycles. The maximum absolute atomic E-state index is 12.6. The summed E-state index contributed by atoms with van der Waals surface area (Å²) < 4.78 is 28.0. The second-order valence-corrected chi connectivity index (χ2v) is 8.09. The zero-order chi connectivity index (χ0) is 15.5. The summed E-state index contributed by atoms with van der Waals surface area (Å²) in [6, 6.07) is 3.48. The molecule has 1 saturated carbocycles. The highest BCUT2D eigenvalue weighted by Gasteiger charge is 2.31. The zero-order valence-corrected chi connectivity index (χ0v) is 13.8. The Morgan fingerprint density at radius 1 is 1.43 bits per heavy atom. The molecule has 2 rings (SSSR count). The van der Waals surface area contributed by atoms with Crippen molar-refractivity contribution in [1.29, 1.82) is 0 Å². The standard InChI is InChI=1S/C15H25N3O2S/c1-4-16-13-8-6-10-17-14(13)21(19,20)18-12-7-5-9-15(2,3)11-12/h6,8,10,12,16,18H,4-5,7,9,11H2,1-3H3. The van der Waals surface area contributed by atoms with Crippen LogP contribution in [0.2, 0.25) is 0 Å². The molecule has 0 spiro atoms. The first-order valence-electron chi connectivity index (χ1n) is 7.55.